The van der Waals surface area contributed by atoms with Crippen LogP contribution >= 0.6 is 0 Å². The molecule has 1 unspecified atom stereocenters. The number of aliphatic hydroxyl groups excluding tert-OH is 1. The van der Waals surface area contributed by atoms with E-state index in [0.29, 0.717) is 12.8 Å². The lowest BCUT2D eigenvalue weighted by molar-refractivity contribution is -0.164. The molecule has 1 heterocycles. The van der Waals surface area contributed by atoms with Gasteiger partial charge in [-0.15, -0.1) is 0 Å². The smallest absolute Gasteiger partial charge is 0.246 e. The second kappa shape index (κ2) is 32.2. The largest absolute Gasteiger partial charge is 0.390 e. The number of carbonyl (C=O) groups excluding carboxylic acids is 11. The fourth-order valence-electron chi connectivity index (χ4n) is 12.1. The van der Waals surface area contributed by atoms with E-state index in [9.17, 15) is 48.3 Å². The maximum atomic E-state index is 15.1. The summed E-state index contributed by atoms with van der Waals surface area (Å²) < 4.78 is 0. The molecule has 5 N–H and O–H groups in total. The van der Waals surface area contributed by atoms with Gasteiger partial charge >= 0.3 is 0 Å². The number of likely N-dealkylation sites (N-methyl/N-ethyl adjacent to an activating group) is 7. The van der Waals surface area contributed by atoms with Gasteiger partial charge in [-0.2, -0.15) is 0 Å². The molecular weight excluding hydrogens is 1100 g/mol. The highest BCUT2D eigenvalue weighted by molar-refractivity contribution is 6.01. The first-order valence-electron chi connectivity index (χ1n) is 31.0. The number of allylic oxidation sites excluding steroid dienone is 2. The van der Waals surface area contributed by atoms with E-state index in [-0.39, 0.29) is 43.9 Å². The summed E-state index contributed by atoms with van der Waals surface area (Å²) in [5.41, 5.74) is -1.87. The number of carbonyl (C=O) groups is 11. The number of hydrogen-bond donors (Lipinski definition) is 5. The van der Waals surface area contributed by atoms with Crippen LogP contribution in [0.25, 0.3) is 0 Å². The van der Waals surface area contributed by atoms with Crippen LogP contribution in [-0.2, 0) is 52.7 Å². The molecule has 0 aromatic rings. The molecule has 1 saturated carbocycles. The van der Waals surface area contributed by atoms with Crippen molar-refractivity contribution in [1.82, 2.24) is 55.6 Å². The van der Waals surface area contributed by atoms with Gasteiger partial charge in [0.05, 0.1) is 12.6 Å². The van der Waals surface area contributed by atoms with Crippen LogP contribution in [0.15, 0.2) is 12.2 Å². The van der Waals surface area contributed by atoms with E-state index in [4.69, 9.17) is 0 Å². The Kier molecular flexibility index (Phi) is 28.4. The molecule has 2 rings (SSSR count). The topological polar surface area (TPSA) is 279 Å². The zero-order chi connectivity index (χ0) is 66.5. The van der Waals surface area contributed by atoms with Gasteiger partial charge in [-0.05, 0) is 100 Å². The van der Waals surface area contributed by atoms with E-state index >= 15 is 9.59 Å². The highest BCUT2D eigenvalue weighted by atomic mass is 16.3. The van der Waals surface area contributed by atoms with Crippen LogP contribution in [0.4, 0.5) is 0 Å². The molecule has 2 fully saturated rings. The zero-order valence-electron chi connectivity index (χ0n) is 56.6. The second-order valence-electron chi connectivity index (χ2n) is 27.1. The number of rotatable bonds is 13. The molecule has 23 nitrogen and oxygen atoms in total. The highest BCUT2D eigenvalue weighted by Gasteiger charge is 2.59. The van der Waals surface area contributed by atoms with E-state index in [0.717, 1.165) is 9.80 Å². The Morgan fingerprint density at radius 3 is 1.50 bits per heavy atom. The van der Waals surface area contributed by atoms with Gasteiger partial charge in [0.2, 0.25) is 65.0 Å². The second-order valence-corrected chi connectivity index (χ2v) is 27.1. The van der Waals surface area contributed by atoms with E-state index in [2.05, 4.69) is 21.3 Å². The van der Waals surface area contributed by atoms with Crippen molar-refractivity contribution >= 4 is 65.0 Å². The van der Waals surface area contributed by atoms with Crippen molar-refractivity contribution in [3.63, 3.8) is 0 Å². The molecule has 12 atom stereocenters. The summed E-state index contributed by atoms with van der Waals surface area (Å²) in [7, 11) is 9.99. The van der Waals surface area contributed by atoms with Crippen molar-refractivity contribution in [3.8, 4) is 0 Å². The Morgan fingerprint density at radius 1 is 0.558 bits per heavy atom. The standard InChI is InChI=1S/C63H111N11O12/c1-25-28-29-40(13)51(76)50-54(79)66-43(27-3)56(81)68(18)32-46(75)71(21)49(39(12)26-2)53(78)67-47(37(8)9)59(84)74(24)63(33-62(16,17)34-63)61(86)65-41(14)52(77)64-42(15)55(80)69(19)44(30-35(4)5)57(82)70(20)45(31-36(6)7)58(83)72(22)48(38(10)11)60(85)73(50)23/h25,28,35-45,47-51,76H,26-27,29-34H2,1-24H3,(H,64,77)(H,65,86)(H,66,79)(H,67,78)/b28-25+/t39-,40+,41-,42+,43-,44?,45-,47-,48-,49-,50-,51+/m0/s1. The Labute approximate surface area is 514 Å². The fourth-order valence-corrected chi connectivity index (χ4v) is 12.1. The van der Waals surface area contributed by atoms with E-state index in [1.807, 2.05) is 54.5 Å². The first-order valence-corrected chi connectivity index (χ1v) is 31.0. The summed E-state index contributed by atoms with van der Waals surface area (Å²) in [6, 6.07) is -11.2. The summed E-state index contributed by atoms with van der Waals surface area (Å²) in [5, 5.41) is 23.2. The van der Waals surface area contributed by atoms with Crippen LogP contribution in [0, 0.1) is 40.9 Å². The molecule has 2 aliphatic rings. The number of nitrogens with zero attached hydrogens (tertiary/aromatic N) is 7. The lowest BCUT2D eigenvalue weighted by Gasteiger charge is -2.56. The Bertz CT molecular complexity index is 2440. The zero-order valence-corrected chi connectivity index (χ0v) is 56.6. The van der Waals surface area contributed by atoms with Crippen molar-refractivity contribution in [2.24, 2.45) is 40.9 Å². The average Bonchev–Trinajstić information content (AvgIpc) is 0.768. The third-order valence-electron chi connectivity index (χ3n) is 17.6. The van der Waals surface area contributed by atoms with E-state index < -0.39 is 167 Å². The molecule has 490 valence electrons. The third-order valence-corrected chi connectivity index (χ3v) is 17.6. The predicted octanol–water partition coefficient (Wildman–Crippen LogP) is 3.41. The van der Waals surface area contributed by atoms with Gasteiger partial charge in [0.15, 0.2) is 0 Å². The van der Waals surface area contributed by atoms with E-state index in [1.54, 1.807) is 61.5 Å². The molecule has 23 heteroatoms. The number of nitrogens with one attached hydrogen (secondary N) is 4. The molecule has 0 aromatic heterocycles. The van der Waals surface area contributed by atoms with Crippen molar-refractivity contribution in [1.29, 1.82) is 0 Å². The molecule has 1 saturated heterocycles. The van der Waals surface area contributed by atoms with Crippen LogP contribution in [-0.4, -0.2) is 226 Å². The van der Waals surface area contributed by atoms with Crippen molar-refractivity contribution in [3.05, 3.63) is 12.2 Å². The van der Waals surface area contributed by atoms with Gasteiger partial charge < -0.3 is 60.7 Å². The minimum atomic E-state index is -1.61. The fraction of sp³-hybridized carbons (Fsp3) is 0.794. The average molecular weight is 1210 g/mol. The van der Waals surface area contributed by atoms with Gasteiger partial charge in [0.25, 0.3) is 0 Å². The molecule has 0 aromatic carbocycles. The lowest BCUT2D eigenvalue weighted by Crippen LogP contribution is -2.71. The van der Waals surface area contributed by atoms with E-state index in [1.165, 1.54) is 87.7 Å². The quantitative estimate of drug-likeness (QED) is 0.166. The molecule has 11 amide bonds. The summed E-state index contributed by atoms with van der Waals surface area (Å²) in [6.07, 6.45) is 3.56. The van der Waals surface area contributed by atoms with Crippen molar-refractivity contribution < 1.29 is 57.8 Å². The third kappa shape index (κ3) is 18.5. The summed E-state index contributed by atoms with van der Waals surface area (Å²) in [4.78, 5) is 170. The van der Waals surface area contributed by atoms with Gasteiger partial charge in [-0.3, -0.25) is 52.7 Å². The molecule has 86 heavy (non-hydrogen) atoms. The number of amides is 11. The predicted molar refractivity (Wildman–Crippen MR) is 331 cm³/mol. The molecule has 1 aliphatic heterocycles. The molecule has 0 bridgehead atoms. The van der Waals surface area contributed by atoms with Crippen LogP contribution in [0.2, 0.25) is 0 Å². The minimum Gasteiger partial charge on any atom is -0.390 e. The van der Waals surface area contributed by atoms with Crippen molar-refractivity contribution in [2.75, 3.05) is 55.9 Å². The minimum absolute atomic E-state index is 0.0231. The monoisotopic (exact) mass is 1210 g/mol. The van der Waals surface area contributed by atoms with Gasteiger partial charge in [-0.1, -0.05) is 116 Å². The molecular formula is C63H111N11O12. The maximum absolute atomic E-state index is 15.1. The van der Waals surface area contributed by atoms with Gasteiger partial charge in [0.1, 0.15) is 59.9 Å². The molecule has 0 radical (unpaired) electrons. The van der Waals surface area contributed by atoms with Crippen molar-refractivity contribution in [2.45, 2.75) is 229 Å². The first kappa shape index (κ1) is 76.0. The number of hydrogen-bond acceptors (Lipinski definition) is 12. The Balaban J connectivity index is 2.98. The van der Waals surface area contributed by atoms with Crippen LogP contribution in [0.3, 0.4) is 0 Å². The van der Waals surface area contributed by atoms with Gasteiger partial charge in [-0.25, -0.2) is 0 Å². The lowest BCUT2D eigenvalue weighted by atomic mass is 9.58. The van der Waals surface area contributed by atoms with Crippen LogP contribution < -0.4 is 21.3 Å². The van der Waals surface area contributed by atoms with Gasteiger partial charge in [0, 0.05) is 49.3 Å². The summed E-state index contributed by atoms with van der Waals surface area (Å²) in [6.45, 7) is 29.5. The highest BCUT2D eigenvalue weighted by Crippen LogP contribution is 2.51. The SMILES string of the molecule is C/C=C/C[C@@H](C)[C@@H](O)[C@H]1C(=O)N[C@@H](CC)C(=O)N(C)CC(=O)N(C)[C@@H]([C@@H](C)CC)C(=O)N[C@@H](C(C)C)C(=O)N(C)C2(CC(C)(C)C2)C(=O)N[C@@H](C)C(=O)N[C@H](C)C(=O)N(C)C(CC(C)C)C(=O)N(C)[C@@H](CC(C)C)C(=O)N(C)[C@@H](C(C)C)C(=O)N1C. The maximum Gasteiger partial charge on any atom is 0.246 e. The summed E-state index contributed by atoms with van der Waals surface area (Å²) >= 11 is 0. The first-order chi connectivity index (χ1) is 39.6. The summed E-state index contributed by atoms with van der Waals surface area (Å²) in [5.74, 6) is -9.81. The molecule has 1 spiro atoms. The number of aliphatic hydroxyl groups is 1. The normalized spacial score (nSPS) is 28.0. The Hall–Kier alpha value is -6.13. The Morgan fingerprint density at radius 2 is 1.05 bits per heavy atom. The van der Waals surface area contributed by atoms with Crippen LogP contribution in [0.5, 0.6) is 0 Å². The van der Waals surface area contributed by atoms with Crippen LogP contribution in [0.1, 0.15) is 163 Å². The molecule has 1 aliphatic carbocycles.